The number of imidazole rings is 1. The lowest BCUT2D eigenvalue weighted by Gasteiger charge is -2.14. The maximum absolute atomic E-state index is 11.9. The van der Waals surface area contributed by atoms with E-state index in [2.05, 4.69) is 10.3 Å². The molecule has 2 rings (SSSR count). The van der Waals surface area contributed by atoms with Crippen molar-refractivity contribution < 1.29 is 4.79 Å². The summed E-state index contributed by atoms with van der Waals surface area (Å²) in [6, 6.07) is 9.85. The van der Waals surface area contributed by atoms with Gasteiger partial charge in [-0.3, -0.25) is 4.79 Å². The molecule has 0 saturated heterocycles. The van der Waals surface area contributed by atoms with Crippen LogP contribution in [0.25, 0.3) is 0 Å². The van der Waals surface area contributed by atoms with E-state index in [1.165, 1.54) is 0 Å². The second kappa shape index (κ2) is 4.82. The summed E-state index contributed by atoms with van der Waals surface area (Å²) in [6.45, 7) is 1.96. The van der Waals surface area contributed by atoms with Crippen LogP contribution >= 0.6 is 0 Å². The Morgan fingerprint density at radius 3 is 2.65 bits per heavy atom. The van der Waals surface area contributed by atoms with Crippen LogP contribution in [0.1, 0.15) is 29.0 Å². The SMILES string of the molecule is C[C@@H](NC(=O)c1cncn1C)c1ccccc1. The van der Waals surface area contributed by atoms with Crippen LogP contribution in [-0.2, 0) is 7.05 Å². The summed E-state index contributed by atoms with van der Waals surface area (Å²) in [4.78, 5) is 15.9. The molecule has 1 amide bonds. The van der Waals surface area contributed by atoms with Crippen LogP contribution in [0.5, 0.6) is 0 Å². The van der Waals surface area contributed by atoms with Gasteiger partial charge in [-0.1, -0.05) is 30.3 Å². The molecular formula is C13H15N3O. The van der Waals surface area contributed by atoms with E-state index in [4.69, 9.17) is 0 Å². The third kappa shape index (κ3) is 2.53. The molecule has 1 aromatic heterocycles. The molecule has 0 unspecified atom stereocenters. The van der Waals surface area contributed by atoms with E-state index in [0.29, 0.717) is 5.69 Å². The smallest absolute Gasteiger partial charge is 0.270 e. The van der Waals surface area contributed by atoms with Crippen LogP contribution in [0.3, 0.4) is 0 Å². The van der Waals surface area contributed by atoms with Crippen molar-refractivity contribution >= 4 is 5.91 Å². The average molecular weight is 229 g/mol. The van der Waals surface area contributed by atoms with E-state index in [9.17, 15) is 4.79 Å². The van der Waals surface area contributed by atoms with Crippen LogP contribution in [-0.4, -0.2) is 15.5 Å². The van der Waals surface area contributed by atoms with Crippen molar-refractivity contribution in [3.63, 3.8) is 0 Å². The molecule has 2 aromatic rings. The molecule has 4 nitrogen and oxygen atoms in total. The molecule has 0 spiro atoms. The second-order valence-corrected chi connectivity index (χ2v) is 4.00. The monoisotopic (exact) mass is 229 g/mol. The van der Waals surface area contributed by atoms with Crippen LogP contribution in [0.2, 0.25) is 0 Å². The van der Waals surface area contributed by atoms with Gasteiger partial charge in [-0.2, -0.15) is 0 Å². The zero-order valence-corrected chi connectivity index (χ0v) is 9.92. The Kier molecular flexibility index (Phi) is 3.23. The molecular weight excluding hydrogens is 214 g/mol. The number of rotatable bonds is 3. The number of carbonyl (C=O) groups is 1. The number of benzene rings is 1. The molecule has 17 heavy (non-hydrogen) atoms. The van der Waals surface area contributed by atoms with Gasteiger partial charge < -0.3 is 9.88 Å². The van der Waals surface area contributed by atoms with E-state index in [1.54, 1.807) is 24.1 Å². The predicted octanol–water partition coefficient (Wildman–Crippen LogP) is 1.91. The molecule has 1 atom stereocenters. The Hall–Kier alpha value is -2.10. The molecule has 88 valence electrons. The summed E-state index contributed by atoms with van der Waals surface area (Å²) in [5.74, 6) is -0.110. The molecule has 0 aliphatic rings. The first-order chi connectivity index (χ1) is 8.18. The molecule has 4 heteroatoms. The number of nitrogens with one attached hydrogen (secondary N) is 1. The van der Waals surface area contributed by atoms with Crippen molar-refractivity contribution in [1.29, 1.82) is 0 Å². The topological polar surface area (TPSA) is 46.9 Å². The zero-order chi connectivity index (χ0) is 12.3. The molecule has 0 fully saturated rings. The Labute approximate surface area is 100 Å². The first kappa shape index (κ1) is 11.4. The van der Waals surface area contributed by atoms with Crippen molar-refractivity contribution in [2.75, 3.05) is 0 Å². The van der Waals surface area contributed by atoms with E-state index in [1.807, 2.05) is 37.3 Å². The normalized spacial score (nSPS) is 12.1. The number of aromatic nitrogens is 2. The highest BCUT2D eigenvalue weighted by atomic mass is 16.2. The van der Waals surface area contributed by atoms with Crippen molar-refractivity contribution in [2.45, 2.75) is 13.0 Å². The Morgan fingerprint density at radius 2 is 2.06 bits per heavy atom. The summed E-state index contributed by atoms with van der Waals surface area (Å²) in [7, 11) is 1.80. The lowest BCUT2D eigenvalue weighted by molar-refractivity contribution is 0.0931. The van der Waals surface area contributed by atoms with E-state index in [0.717, 1.165) is 5.56 Å². The molecule has 0 aliphatic heterocycles. The van der Waals surface area contributed by atoms with Crippen molar-refractivity contribution in [3.8, 4) is 0 Å². The van der Waals surface area contributed by atoms with Gasteiger partial charge in [-0.15, -0.1) is 0 Å². The number of hydrogen-bond acceptors (Lipinski definition) is 2. The van der Waals surface area contributed by atoms with Crippen LogP contribution < -0.4 is 5.32 Å². The fourth-order valence-corrected chi connectivity index (χ4v) is 1.67. The third-order valence-corrected chi connectivity index (χ3v) is 2.70. The maximum Gasteiger partial charge on any atom is 0.270 e. The number of nitrogens with zero attached hydrogens (tertiary/aromatic N) is 2. The molecule has 0 radical (unpaired) electrons. The van der Waals surface area contributed by atoms with Crippen LogP contribution in [0.4, 0.5) is 0 Å². The average Bonchev–Trinajstić information content (AvgIpc) is 2.76. The van der Waals surface area contributed by atoms with Crippen LogP contribution in [0, 0.1) is 0 Å². The highest BCUT2D eigenvalue weighted by Gasteiger charge is 2.13. The van der Waals surface area contributed by atoms with Gasteiger partial charge in [0.25, 0.3) is 5.91 Å². The maximum atomic E-state index is 11.9. The van der Waals surface area contributed by atoms with Gasteiger partial charge in [-0.05, 0) is 12.5 Å². The first-order valence-corrected chi connectivity index (χ1v) is 5.50. The number of aryl methyl sites for hydroxylation is 1. The summed E-state index contributed by atoms with van der Waals surface area (Å²) < 4.78 is 1.70. The van der Waals surface area contributed by atoms with Gasteiger partial charge in [0.05, 0.1) is 18.6 Å². The van der Waals surface area contributed by atoms with Gasteiger partial charge in [0.1, 0.15) is 5.69 Å². The predicted molar refractivity (Wildman–Crippen MR) is 65.5 cm³/mol. The Balaban J connectivity index is 2.08. The van der Waals surface area contributed by atoms with Crippen molar-refractivity contribution in [1.82, 2.24) is 14.9 Å². The van der Waals surface area contributed by atoms with Crippen LogP contribution in [0.15, 0.2) is 42.9 Å². The lowest BCUT2D eigenvalue weighted by Crippen LogP contribution is -2.28. The van der Waals surface area contributed by atoms with E-state index < -0.39 is 0 Å². The van der Waals surface area contributed by atoms with Gasteiger partial charge in [0.2, 0.25) is 0 Å². The second-order valence-electron chi connectivity index (χ2n) is 4.00. The van der Waals surface area contributed by atoms with Gasteiger partial charge in [-0.25, -0.2) is 4.98 Å². The van der Waals surface area contributed by atoms with Gasteiger partial charge >= 0.3 is 0 Å². The highest BCUT2D eigenvalue weighted by molar-refractivity contribution is 5.92. The summed E-state index contributed by atoms with van der Waals surface area (Å²) in [5.41, 5.74) is 1.65. The summed E-state index contributed by atoms with van der Waals surface area (Å²) >= 11 is 0. The Morgan fingerprint density at radius 1 is 1.35 bits per heavy atom. The van der Waals surface area contributed by atoms with Crippen molar-refractivity contribution in [2.24, 2.45) is 7.05 Å². The summed E-state index contributed by atoms with van der Waals surface area (Å²) in [5, 5.41) is 2.94. The fourth-order valence-electron chi connectivity index (χ4n) is 1.67. The molecule has 0 bridgehead atoms. The fraction of sp³-hybridized carbons (Fsp3) is 0.231. The van der Waals surface area contributed by atoms with E-state index in [-0.39, 0.29) is 11.9 Å². The largest absolute Gasteiger partial charge is 0.344 e. The third-order valence-electron chi connectivity index (χ3n) is 2.70. The van der Waals surface area contributed by atoms with Crippen molar-refractivity contribution in [3.05, 3.63) is 54.1 Å². The van der Waals surface area contributed by atoms with E-state index >= 15 is 0 Å². The molecule has 0 saturated carbocycles. The molecule has 0 aliphatic carbocycles. The summed E-state index contributed by atoms with van der Waals surface area (Å²) in [6.07, 6.45) is 3.18. The number of carbonyl (C=O) groups excluding carboxylic acids is 1. The Bertz CT molecular complexity index is 504. The standard InChI is InChI=1S/C13H15N3O/c1-10(11-6-4-3-5-7-11)15-13(17)12-8-14-9-16(12)2/h3-10H,1-2H3,(H,15,17)/t10-/m1/s1. The molecule has 1 aromatic carbocycles. The van der Waals surface area contributed by atoms with Gasteiger partial charge in [0.15, 0.2) is 0 Å². The minimum Gasteiger partial charge on any atom is -0.344 e. The lowest BCUT2D eigenvalue weighted by atomic mass is 10.1. The number of amides is 1. The van der Waals surface area contributed by atoms with Gasteiger partial charge in [0, 0.05) is 7.05 Å². The zero-order valence-electron chi connectivity index (χ0n) is 9.92. The minimum absolute atomic E-state index is 0.0152. The minimum atomic E-state index is -0.110. The first-order valence-electron chi connectivity index (χ1n) is 5.50. The molecule has 1 heterocycles. The number of hydrogen-bond donors (Lipinski definition) is 1. The highest BCUT2D eigenvalue weighted by Crippen LogP contribution is 2.11. The quantitative estimate of drug-likeness (QED) is 0.874. The molecule has 1 N–H and O–H groups in total.